The molecule has 0 aromatic carbocycles. The molecule has 3 saturated heterocycles. The third-order valence-electron chi connectivity index (χ3n) is 4.48. The minimum atomic E-state index is -1.83. The summed E-state index contributed by atoms with van der Waals surface area (Å²) in [6.07, 6.45) is 1.17. The predicted octanol–water partition coefficient (Wildman–Crippen LogP) is 0.00710. The molecular formula is C12H19NO5. The lowest BCUT2D eigenvalue weighted by molar-refractivity contribution is -0.168. The second-order valence-electron chi connectivity index (χ2n) is 5.58. The van der Waals surface area contributed by atoms with Gasteiger partial charge < -0.3 is 15.3 Å². The zero-order valence-electron chi connectivity index (χ0n) is 10.4. The van der Waals surface area contributed by atoms with Gasteiger partial charge in [-0.1, -0.05) is 0 Å². The predicted molar refractivity (Wildman–Crippen MR) is 62.1 cm³/mol. The van der Waals surface area contributed by atoms with E-state index in [1.54, 1.807) is 0 Å². The number of carboxylic acid groups (broad SMARTS) is 2. The summed E-state index contributed by atoms with van der Waals surface area (Å²) >= 11 is 0. The third kappa shape index (κ3) is 1.99. The van der Waals surface area contributed by atoms with Gasteiger partial charge in [0.2, 0.25) is 0 Å². The lowest BCUT2D eigenvalue weighted by Crippen LogP contribution is -2.60. The Morgan fingerprint density at radius 1 is 1.22 bits per heavy atom. The van der Waals surface area contributed by atoms with Gasteiger partial charge in [-0.15, -0.1) is 0 Å². The van der Waals surface area contributed by atoms with E-state index in [1.807, 2.05) is 4.90 Å². The van der Waals surface area contributed by atoms with Gasteiger partial charge in [0.15, 0.2) is 5.41 Å². The van der Waals surface area contributed by atoms with E-state index in [0.717, 1.165) is 25.9 Å². The number of piperidine rings is 3. The molecule has 3 aliphatic rings. The molecule has 0 spiro atoms. The van der Waals surface area contributed by atoms with Crippen molar-refractivity contribution in [2.24, 2.45) is 11.3 Å². The highest BCUT2D eigenvalue weighted by Crippen LogP contribution is 2.38. The first-order valence-electron chi connectivity index (χ1n) is 6.25. The fourth-order valence-corrected chi connectivity index (χ4v) is 3.06. The SMILES string of the molecule is CC(CC1C(O)C2CCN1CC2)(C(=O)O)C(=O)O. The number of aliphatic hydroxyl groups is 1. The standard InChI is InChI=1S/C12H19NO5/c1-12(10(15)16,11(17)18)6-8-9(14)7-2-4-13(8)5-3-7/h7-9,14H,2-6H2,1H3,(H,15,16)(H,17,18). The molecule has 2 bridgehead atoms. The van der Waals surface area contributed by atoms with Crippen LogP contribution < -0.4 is 0 Å². The molecule has 0 amide bonds. The van der Waals surface area contributed by atoms with Gasteiger partial charge in [0, 0.05) is 6.04 Å². The molecule has 6 nitrogen and oxygen atoms in total. The maximum absolute atomic E-state index is 11.2. The maximum Gasteiger partial charge on any atom is 0.320 e. The smallest absolute Gasteiger partial charge is 0.320 e. The molecule has 0 aromatic rings. The molecule has 0 aromatic heterocycles. The summed E-state index contributed by atoms with van der Waals surface area (Å²) in [6, 6.07) is -0.352. The average Bonchev–Trinajstić information content (AvgIpc) is 2.33. The van der Waals surface area contributed by atoms with Gasteiger partial charge in [0.25, 0.3) is 0 Å². The van der Waals surface area contributed by atoms with Crippen LogP contribution in [-0.4, -0.2) is 57.4 Å². The van der Waals surface area contributed by atoms with Gasteiger partial charge in [-0.25, -0.2) is 0 Å². The molecule has 3 rings (SSSR count). The van der Waals surface area contributed by atoms with Crippen LogP contribution in [0, 0.1) is 11.3 Å². The van der Waals surface area contributed by atoms with Crippen molar-refractivity contribution in [3.8, 4) is 0 Å². The monoisotopic (exact) mass is 257 g/mol. The summed E-state index contributed by atoms with van der Waals surface area (Å²) in [6.45, 7) is 2.86. The van der Waals surface area contributed by atoms with E-state index in [9.17, 15) is 14.7 Å². The number of carbonyl (C=O) groups is 2. The highest BCUT2D eigenvalue weighted by molar-refractivity contribution is 5.97. The average molecular weight is 257 g/mol. The van der Waals surface area contributed by atoms with Crippen molar-refractivity contribution in [1.29, 1.82) is 0 Å². The Kier molecular flexibility index (Phi) is 3.33. The van der Waals surface area contributed by atoms with Gasteiger partial charge in [-0.05, 0) is 45.2 Å². The lowest BCUT2D eigenvalue weighted by atomic mass is 9.73. The van der Waals surface area contributed by atoms with E-state index in [1.165, 1.54) is 6.92 Å². The third-order valence-corrected chi connectivity index (χ3v) is 4.48. The van der Waals surface area contributed by atoms with E-state index in [4.69, 9.17) is 10.2 Å². The fourth-order valence-electron chi connectivity index (χ4n) is 3.06. The van der Waals surface area contributed by atoms with Crippen molar-refractivity contribution in [3.05, 3.63) is 0 Å². The Hall–Kier alpha value is -1.14. The molecule has 2 unspecified atom stereocenters. The zero-order chi connectivity index (χ0) is 13.5. The molecule has 3 fully saturated rings. The Balaban J connectivity index is 2.17. The highest BCUT2D eigenvalue weighted by Gasteiger charge is 2.49. The number of rotatable bonds is 4. The number of fused-ring (bicyclic) bond motifs is 3. The van der Waals surface area contributed by atoms with E-state index in [-0.39, 0.29) is 18.4 Å². The Morgan fingerprint density at radius 2 is 1.72 bits per heavy atom. The molecule has 18 heavy (non-hydrogen) atoms. The minimum Gasteiger partial charge on any atom is -0.480 e. The van der Waals surface area contributed by atoms with Gasteiger partial charge in [-0.3, -0.25) is 14.5 Å². The van der Waals surface area contributed by atoms with Crippen molar-refractivity contribution in [2.75, 3.05) is 13.1 Å². The van der Waals surface area contributed by atoms with E-state index in [0.29, 0.717) is 0 Å². The largest absolute Gasteiger partial charge is 0.480 e. The zero-order valence-corrected chi connectivity index (χ0v) is 10.4. The van der Waals surface area contributed by atoms with E-state index in [2.05, 4.69) is 0 Å². The van der Waals surface area contributed by atoms with Gasteiger partial charge >= 0.3 is 11.9 Å². The Bertz CT molecular complexity index is 345. The number of carboxylic acids is 2. The first-order chi connectivity index (χ1) is 8.36. The summed E-state index contributed by atoms with van der Waals surface area (Å²) in [5, 5.41) is 28.4. The number of hydrogen-bond donors (Lipinski definition) is 3. The van der Waals surface area contributed by atoms with Crippen LogP contribution in [0.1, 0.15) is 26.2 Å². The van der Waals surface area contributed by atoms with Crippen molar-refractivity contribution in [2.45, 2.75) is 38.3 Å². The van der Waals surface area contributed by atoms with Gasteiger partial charge in [0.1, 0.15) is 0 Å². The maximum atomic E-state index is 11.2. The second-order valence-corrected chi connectivity index (χ2v) is 5.58. The number of nitrogens with zero attached hydrogens (tertiary/aromatic N) is 1. The van der Waals surface area contributed by atoms with Crippen molar-refractivity contribution in [1.82, 2.24) is 4.90 Å². The van der Waals surface area contributed by atoms with Crippen LogP contribution in [0.3, 0.4) is 0 Å². The fraction of sp³-hybridized carbons (Fsp3) is 0.833. The van der Waals surface area contributed by atoms with Crippen LogP contribution in [0.5, 0.6) is 0 Å². The van der Waals surface area contributed by atoms with Gasteiger partial charge in [0.05, 0.1) is 6.10 Å². The summed E-state index contributed by atoms with van der Waals surface area (Å²) in [4.78, 5) is 24.4. The molecule has 2 atom stereocenters. The first-order valence-corrected chi connectivity index (χ1v) is 6.25. The van der Waals surface area contributed by atoms with Crippen molar-refractivity contribution < 1.29 is 24.9 Å². The van der Waals surface area contributed by atoms with Crippen LogP contribution in [0.4, 0.5) is 0 Å². The summed E-state index contributed by atoms with van der Waals surface area (Å²) in [7, 11) is 0. The topological polar surface area (TPSA) is 98.1 Å². The molecule has 3 aliphatic heterocycles. The minimum absolute atomic E-state index is 0.0463. The Morgan fingerprint density at radius 3 is 2.11 bits per heavy atom. The van der Waals surface area contributed by atoms with Crippen LogP contribution in [0.2, 0.25) is 0 Å². The quantitative estimate of drug-likeness (QED) is 0.614. The van der Waals surface area contributed by atoms with Crippen molar-refractivity contribution in [3.63, 3.8) is 0 Å². The van der Waals surface area contributed by atoms with E-state index >= 15 is 0 Å². The normalized spacial score (nSPS) is 35.4. The van der Waals surface area contributed by atoms with Crippen LogP contribution in [-0.2, 0) is 9.59 Å². The van der Waals surface area contributed by atoms with Gasteiger partial charge in [-0.2, -0.15) is 0 Å². The summed E-state index contributed by atoms with van der Waals surface area (Å²) in [5.41, 5.74) is -1.83. The molecule has 102 valence electrons. The molecule has 3 N–H and O–H groups in total. The second kappa shape index (κ2) is 4.51. The molecule has 0 saturated carbocycles. The van der Waals surface area contributed by atoms with E-state index < -0.39 is 23.5 Å². The number of aliphatic carboxylic acids is 2. The molecule has 6 heteroatoms. The molecule has 0 radical (unpaired) electrons. The van der Waals surface area contributed by atoms with Crippen LogP contribution >= 0.6 is 0 Å². The molecule has 0 aliphatic carbocycles. The molecular weight excluding hydrogens is 238 g/mol. The number of aliphatic hydroxyl groups excluding tert-OH is 1. The summed E-state index contributed by atoms with van der Waals surface area (Å²) in [5.74, 6) is -2.50. The number of hydrogen-bond acceptors (Lipinski definition) is 4. The highest BCUT2D eigenvalue weighted by atomic mass is 16.4. The van der Waals surface area contributed by atoms with Crippen molar-refractivity contribution >= 4 is 11.9 Å². The summed E-state index contributed by atoms with van der Waals surface area (Å²) < 4.78 is 0. The Labute approximate surface area is 105 Å². The molecule has 3 heterocycles. The van der Waals surface area contributed by atoms with Crippen LogP contribution in [0.15, 0.2) is 0 Å². The lowest BCUT2D eigenvalue weighted by Gasteiger charge is -2.50. The first kappa shape index (κ1) is 13.3. The van der Waals surface area contributed by atoms with Crippen LogP contribution in [0.25, 0.3) is 0 Å².